The van der Waals surface area contributed by atoms with Crippen molar-refractivity contribution in [2.45, 2.75) is 20.3 Å². The van der Waals surface area contributed by atoms with Gasteiger partial charge in [-0.1, -0.05) is 13.0 Å². The molecule has 22 heavy (non-hydrogen) atoms. The molecule has 1 fully saturated rings. The van der Waals surface area contributed by atoms with Gasteiger partial charge in [-0.05, 0) is 43.7 Å². The first kappa shape index (κ1) is 15.1. The molecule has 3 rings (SSSR count). The molecule has 2 aromatic rings. The minimum atomic E-state index is 0.169. The van der Waals surface area contributed by atoms with Crippen molar-refractivity contribution in [3.63, 3.8) is 0 Å². The van der Waals surface area contributed by atoms with Gasteiger partial charge < -0.3 is 14.4 Å². The fraction of sp³-hybridized carbons (Fsp3) is 0.500. The van der Waals surface area contributed by atoms with Gasteiger partial charge in [-0.25, -0.2) is 0 Å². The number of amides is 1. The van der Waals surface area contributed by atoms with E-state index in [4.69, 9.17) is 0 Å². The number of carbonyl (C=O) groups excluding carboxylic acids is 1. The van der Waals surface area contributed by atoms with Crippen LogP contribution in [-0.4, -0.2) is 53.5 Å². The second-order valence-corrected chi connectivity index (χ2v) is 6.33. The Bertz CT molecular complexity index is 709. The lowest BCUT2D eigenvalue weighted by Crippen LogP contribution is -2.47. The molecule has 4 nitrogen and oxygen atoms in total. The van der Waals surface area contributed by atoms with E-state index in [0.717, 1.165) is 49.4 Å². The summed E-state index contributed by atoms with van der Waals surface area (Å²) in [5.41, 5.74) is 4.41. The van der Waals surface area contributed by atoms with Crippen LogP contribution in [0.4, 0.5) is 0 Å². The summed E-state index contributed by atoms with van der Waals surface area (Å²) >= 11 is 0. The Kier molecular flexibility index (Phi) is 3.96. The third-order valence-corrected chi connectivity index (χ3v) is 4.92. The van der Waals surface area contributed by atoms with E-state index in [2.05, 4.69) is 48.6 Å². The van der Waals surface area contributed by atoms with Gasteiger partial charge in [0.1, 0.15) is 5.69 Å². The molecule has 1 saturated heterocycles. The standard InChI is InChI=1S/C18H25N3O/c1-5-14-6-7-16-15(12-14)13(2)17(20(16)4)18(22)21-10-8-19(3)9-11-21/h6-7,12H,5,8-11H2,1-4H3. The Morgan fingerprint density at radius 2 is 1.82 bits per heavy atom. The van der Waals surface area contributed by atoms with Gasteiger partial charge in [-0.3, -0.25) is 4.79 Å². The highest BCUT2D eigenvalue weighted by molar-refractivity contribution is 6.01. The number of rotatable bonds is 2. The minimum absolute atomic E-state index is 0.169. The molecule has 0 radical (unpaired) electrons. The minimum Gasteiger partial charge on any atom is -0.339 e. The Labute approximate surface area is 132 Å². The summed E-state index contributed by atoms with van der Waals surface area (Å²) in [6, 6.07) is 6.53. The van der Waals surface area contributed by atoms with E-state index in [0.29, 0.717) is 0 Å². The van der Waals surface area contributed by atoms with E-state index < -0.39 is 0 Å². The van der Waals surface area contributed by atoms with Crippen LogP contribution < -0.4 is 0 Å². The molecule has 0 spiro atoms. The molecular weight excluding hydrogens is 274 g/mol. The molecule has 0 aliphatic carbocycles. The van der Waals surface area contributed by atoms with Gasteiger partial charge in [0.15, 0.2) is 0 Å². The molecule has 2 heterocycles. The summed E-state index contributed by atoms with van der Waals surface area (Å²) in [5, 5.41) is 1.21. The molecule has 1 aliphatic rings. The predicted molar refractivity (Wildman–Crippen MR) is 90.4 cm³/mol. The van der Waals surface area contributed by atoms with Gasteiger partial charge in [0.25, 0.3) is 5.91 Å². The summed E-state index contributed by atoms with van der Waals surface area (Å²) in [5.74, 6) is 0.169. The molecule has 0 atom stereocenters. The summed E-state index contributed by atoms with van der Waals surface area (Å²) in [7, 11) is 4.11. The summed E-state index contributed by atoms with van der Waals surface area (Å²) in [4.78, 5) is 17.2. The maximum absolute atomic E-state index is 13.0. The molecule has 0 N–H and O–H groups in total. The highest BCUT2D eigenvalue weighted by atomic mass is 16.2. The van der Waals surface area contributed by atoms with Gasteiger partial charge in [0.2, 0.25) is 0 Å². The first-order chi connectivity index (χ1) is 10.5. The SMILES string of the molecule is CCc1ccc2c(c1)c(C)c(C(=O)N1CCN(C)CC1)n2C. The van der Waals surface area contributed by atoms with Crippen LogP contribution in [0.1, 0.15) is 28.5 Å². The molecule has 1 aromatic heterocycles. The third-order valence-electron chi connectivity index (χ3n) is 4.92. The van der Waals surface area contributed by atoms with Crippen LogP contribution in [0.2, 0.25) is 0 Å². The Hall–Kier alpha value is -1.81. The molecular formula is C18H25N3O. The lowest BCUT2D eigenvalue weighted by Gasteiger charge is -2.32. The number of aryl methyl sites for hydroxylation is 3. The molecule has 0 saturated carbocycles. The number of carbonyl (C=O) groups is 1. The Morgan fingerprint density at radius 3 is 2.45 bits per heavy atom. The maximum Gasteiger partial charge on any atom is 0.270 e. The van der Waals surface area contributed by atoms with E-state index in [1.807, 2.05) is 11.9 Å². The van der Waals surface area contributed by atoms with Crippen molar-refractivity contribution in [3.05, 3.63) is 35.0 Å². The second kappa shape index (κ2) is 5.76. The molecule has 118 valence electrons. The zero-order valence-corrected chi connectivity index (χ0v) is 14.0. The van der Waals surface area contributed by atoms with Crippen LogP contribution in [-0.2, 0) is 13.5 Å². The van der Waals surface area contributed by atoms with Crippen LogP contribution in [0.3, 0.4) is 0 Å². The number of fused-ring (bicyclic) bond motifs is 1. The lowest BCUT2D eigenvalue weighted by molar-refractivity contribution is 0.0654. The maximum atomic E-state index is 13.0. The molecule has 0 bridgehead atoms. The van der Waals surface area contributed by atoms with Crippen molar-refractivity contribution in [2.75, 3.05) is 33.2 Å². The fourth-order valence-corrected chi connectivity index (χ4v) is 3.36. The Balaban J connectivity index is 2.01. The average molecular weight is 299 g/mol. The molecule has 1 aliphatic heterocycles. The molecule has 0 unspecified atom stereocenters. The van der Waals surface area contributed by atoms with Crippen LogP contribution in [0.25, 0.3) is 10.9 Å². The first-order valence-electron chi connectivity index (χ1n) is 8.08. The highest BCUT2D eigenvalue weighted by Gasteiger charge is 2.25. The van der Waals surface area contributed by atoms with Crippen LogP contribution in [0.5, 0.6) is 0 Å². The van der Waals surface area contributed by atoms with Crippen LogP contribution in [0.15, 0.2) is 18.2 Å². The Morgan fingerprint density at radius 1 is 1.14 bits per heavy atom. The monoisotopic (exact) mass is 299 g/mol. The highest BCUT2D eigenvalue weighted by Crippen LogP contribution is 2.27. The normalized spacial score (nSPS) is 16.5. The van der Waals surface area contributed by atoms with E-state index in [1.54, 1.807) is 0 Å². The van der Waals surface area contributed by atoms with Crippen molar-refractivity contribution in [1.29, 1.82) is 0 Å². The summed E-state index contributed by atoms with van der Waals surface area (Å²) in [6.07, 6.45) is 1.02. The summed E-state index contributed by atoms with van der Waals surface area (Å²) in [6.45, 7) is 7.78. The molecule has 1 amide bonds. The largest absolute Gasteiger partial charge is 0.339 e. The van der Waals surface area contributed by atoms with Gasteiger partial charge in [-0.15, -0.1) is 0 Å². The fourth-order valence-electron chi connectivity index (χ4n) is 3.36. The zero-order chi connectivity index (χ0) is 15.9. The predicted octanol–water partition coefficient (Wildman–Crippen LogP) is 2.44. The van der Waals surface area contributed by atoms with Gasteiger partial charge in [-0.2, -0.15) is 0 Å². The van der Waals surface area contributed by atoms with E-state index in [1.165, 1.54) is 10.9 Å². The van der Waals surface area contributed by atoms with Gasteiger partial charge >= 0.3 is 0 Å². The molecule has 1 aromatic carbocycles. The number of hydrogen-bond donors (Lipinski definition) is 0. The van der Waals surface area contributed by atoms with Crippen molar-refractivity contribution in [3.8, 4) is 0 Å². The van der Waals surface area contributed by atoms with Crippen molar-refractivity contribution < 1.29 is 4.79 Å². The smallest absolute Gasteiger partial charge is 0.270 e. The van der Waals surface area contributed by atoms with E-state index >= 15 is 0 Å². The summed E-state index contributed by atoms with van der Waals surface area (Å²) < 4.78 is 2.06. The first-order valence-corrected chi connectivity index (χ1v) is 8.08. The lowest BCUT2D eigenvalue weighted by atomic mass is 10.1. The number of benzene rings is 1. The second-order valence-electron chi connectivity index (χ2n) is 6.33. The van der Waals surface area contributed by atoms with E-state index in [9.17, 15) is 4.79 Å². The van der Waals surface area contributed by atoms with Crippen molar-refractivity contribution >= 4 is 16.8 Å². The van der Waals surface area contributed by atoms with Gasteiger partial charge in [0, 0.05) is 44.1 Å². The quantitative estimate of drug-likeness (QED) is 0.852. The van der Waals surface area contributed by atoms with Crippen molar-refractivity contribution in [2.24, 2.45) is 7.05 Å². The van der Waals surface area contributed by atoms with Gasteiger partial charge in [0.05, 0.1) is 0 Å². The topological polar surface area (TPSA) is 28.5 Å². The zero-order valence-electron chi connectivity index (χ0n) is 14.0. The number of piperazine rings is 1. The number of likely N-dealkylation sites (N-methyl/N-ethyl adjacent to an activating group) is 1. The number of aromatic nitrogens is 1. The number of hydrogen-bond acceptors (Lipinski definition) is 2. The van der Waals surface area contributed by atoms with E-state index in [-0.39, 0.29) is 5.91 Å². The average Bonchev–Trinajstić information content (AvgIpc) is 2.78. The van der Waals surface area contributed by atoms with Crippen LogP contribution in [0, 0.1) is 6.92 Å². The number of nitrogens with zero attached hydrogens (tertiary/aromatic N) is 3. The van der Waals surface area contributed by atoms with Crippen LogP contribution >= 0.6 is 0 Å². The molecule has 4 heteroatoms. The van der Waals surface area contributed by atoms with Crippen molar-refractivity contribution in [1.82, 2.24) is 14.4 Å². The third kappa shape index (κ3) is 2.41.